The van der Waals surface area contributed by atoms with Gasteiger partial charge in [-0.2, -0.15) is 0 Å². The molecule has 0 aromatic heterocycles. The van der Waals surface area contributed by atoms with E-state index in [4.69, 9.17) is 11.5 Å². The summed E-state index contributed by atoms with van der Waals surface area (Å²) in [6.07, 6.45) is 2.36. The van der Waals surface area contributed by atoms with Crippen LogP contribution >= 0.6 is 0 Å². The summed E-state index contributed by atoms with van der Waals surface area (Å²) in [5.74, 6) is 0.212. The number of nitrogens with one attached hydrogen (secondary N) is 1. The van der Waals surface area contributed by atoms with E-state index in [1.807, 2.05) is 0 Å². The first-order chi connectivity index (χ1) is 9.06. The van der Waals surface area contributed by atoms with Gasteiger partial charge in [-0.05, 0) is 57.1 Å². The molecule has 5 N–H and O–H groups in total. The number of nitrogens with two attached hydrogens (primary N) is 2. The average molecular weight is 262 g/mol. The lowest BCUT2D eigenvalue weighted by molar-refractivity contribution is 0.100. The molecule has 1 amide bonds. The summed E-state index contributed by atoms with van der Waals surface area (Å²) >= 11 is 0. The Morgan fingerprint density at radius 2 is 2.11 bits per heavy atom. The molecular formula is C14H22N4O. The monoisotopic (exact) mass is 262 g/mol. The van der Waals surface area contributed by atoms with Gasteiger partial charge >= 0.3 is 0 Å². The fourth-order valence-electron chi connectivity index (χ4n) is 2.44. The van der Waals surface area contributed by atoms with Crippen LogP contribution in [0, 0.1) is 5.92 Å². The van der Waals surface area contributed by atoms with Gasteiger partial charge < -0.3 is 21.7 Å². The van der Waals surface area contributed by atoms with Crippen molar-refractivity contribution in [3.63, 3.8) is 0 Å². The van der Waals surface area contributed by atoms with Crippen LogP contribution in [-0.4, -0.2) is 37.5 Å². The molecule has 0 atom stereocenters. The van der Waals surface area contributed by atoms with E-state index in [0.717, 1.165) is 25.3 Å². The molecule has 1 heterocycles. The summed E-state index contributed by atoms with van der Waals surface area (Å²) in [5.41, 5.74) is 13.0. The summed E-state index contributed by atoms with van der Waals surface area (Å²) in [5, 5.41) is 3.32. The number of anilines is 2. The van der Waals surface area contributed by atoms with Crippen LogP contribution in [-0.2, 0) is 0 Å². The van der Waals surface area contributed by atoms with Crippen molar-refractivity contribution < 1.29 is 4.79 Å². The fraction of sp³-hybridized carbons (Fsp3) is 0.500. The molecule has 1 aromatic rings. The second-order valence-electron chi connectivity index (χ2n) is 5.30. The molecule has 19 heavy (non-hydrogen) atoms. The summed E-state index contributed by atoms with van der Waals surface area (Å²) in [7, 11) is 2.15. The van der Waals surface area contributed by atoms with Crippen LogP contribution in [0.15, 0.2) is 18.2 Å². The third kappa shape index (κ3) is 3.61. The number of rotatable bonds is 4. The molecule has 5 nitrogen and oxygen atoms in total. The zero-order valence-electron chi connectivity index (χ0n) is 11.4. The van der Waals surface area contributed by atoms with Crippen molar-refractivity contribution in [3.8, 4) is 0 Å². The van der Waals surface area contributed by atoms with Gasteiger partial charge in [0.15, 0.2) is 0 Å². The molecule has 2 rings (SSSR count). The lowest BCUT2D eigenvalue weighted by atomic mass is 9.97. The number of nitrogen functional groups attached to an aromatic ring is 1. The molecule has 0 saturated carbocycles. The van der Waals surface area contributed by atoms with E-state index >= 15 is 0 Å². The van der Waals surface area contributed by atoms with Crippen LogP contribution < -0.4 is 16.8 Å². The van der Waals surface area contributed by atoms with Gasteiger partial charge in [-0.15, -0.1) is 0 Å². The second kappa shape index (κ2) is 5.93. The maximum atomic E-state index is 11.4. The molecule has 1 saturated heterocycles. The molecule has 0 aliphatic carbocycles. The van der Waals surface area contributed by atoms with E-state index in [-0.39, 0.29) is 0 Å². The zero-order valence-corrected chi connectivity index (χ0v) is 11.4. The number of amides is 1. The Morgan fingerprint density at radius 3 is 2.74 bits per heavy atom. The van der Waals surface area contributed by atoms with Gasteiger partial charge in [0, 0.05) is 17.9 Å². The van der Waals surface area contributed by atoms with Crippen molar-refractivity contribution in [2.24, 2.45) is 11.7 Å². The predicted octanol–water partition coefficient (Wildman–Crippen LogP) is 1.12. The number of primary amides is 1. The maximum Gasteiger partial charge on any atom is 0.250 e. The summed E-state index contributed by atoms with van der Waals surface area (Å²) < 4.78 is 0. The Balaban J connectivity index is 1.98. The summed E-state index contributed by atoms with van der Waals surface area (Å²) in [6, 6.07) is 5.14. The van der Waals surface area contributed by atoms with E-state index in [1.165, 1.54) is 12.8 Å². The molecule has 0 bridgehead atoms. The molecule has 0 unspecified atom stereocenters. The van der Waals surface area contributed by atoms with Crippen LogP contribution in [0.5, 0.6) is 0 Å². The minimum Gasteiger partial charge on any atom is -0.399 e. The molecule has 104 valence electrons. The van der Waals surface area contributed by atoms with Gasteiger partial charge in [0.2, 0.25) is 0 Å². The molecule has 0 spiro atoms. The third-order valence-electron chi connectivity index (χ3n) is 3.73. The number of benzene rings is 1. The van der Waals surface area contributed by atoms with E-state index in [9.17, 15) is 4.79 Å². The number of hydrogen-bond acceptors (Lipinski definition) is 4. The topological polar surface area (TPSA) is 84.4 Å². The SMILES string of the molecule is CN1CCC(CNc2cc(N)ccc2C(N)=O)CC1. The van der Waals surface area contributed by atoms with Gasteiger partial charge in [-0.3, -0.25) is 4.79 Å². The summed E-state index contributed by atoms with van der Waals surface area (Å²) in [4.78, 5) is 13.7. The minimum absolute atomic E-state index is 0.425. The van der Waals surface area contributed by atoms with Crippen LogP contribution in [0.1, 0.15) is 23.2 Å². The first-order valence-corrected chi connectivity index (χ1v) is 6.68. The first kappa shape index (κ1) is 13.7. The third-order valence-corrected chi connectivity index (χ3v) is 3.73. The van der Waals surface area contributed by atoms with Crippen molar-refractivity contribution in [1.82, 2.24) is 4.90 Å². The van der Waals surface area contributed by atoms with E-state index < -0.39 is 5.91 Å². The average Bonchev–Trinajstić information content (AvgIpc) is 2.38. The highest BCUT2D eigenvalue weighted by molar-refractivity contribution is 5.99. The van der Waals surface area contributed by atoms with E-state index in [1.54, 1.807) is 18.2 Å². The maximum absolute atomic E-state index is 11.4. The van der Waals surface area contributed by atoms with Gasteiger partial charge in [0.25, 0.3) is 5.91 Å². The van der Waals surface area contributed by atoms with Crippen molar-refractivity contribution in [2.45, 2.75) is 12.8 Å². The van der Waals surface area contributed by atoms with Crippen molar-refractivity contribution in [1.29, 1.82) is 0 Å². The number of piperidine rings is 1. The van der Waals surface area contributed by atoms with Crippen LogP contribution in [0.4, 0.5) is 11.4 Å². The van der Waals surface area contributed by atoms with Crippen LogP contribution in [0.25, 0.3) is 0 Å². The minimum atomic E-state index is -0.425. The second-order valence-corrected chi connectivity index (χ2v) is 5.30. The smallest absolute Gasteiger partial charge is 0.250 e. The van der Waals surface area contributed by atoms with Crippen molar-refractivity contribution >= 4 is 17.3 Å². The molecule has 1 aromatic carbocycles. The normalized spacial score (nSPS) is 17.3. The van der Waals surface area contributed by atoms with E-state index in [0.29, 0.717) is 17.2 Å². The standard InChI is InChI=1S/C14H22N4O/c1-18-6-4-10(5-7-18)9-17-13-8-11(15)2-3-12(13)14(16)19/h2-3,8,10,17H,4-7,9,15H2,1H3,(H2,16,19). The van der Waals surface area contributed by atoms with Gasteiger partial charge in [-0.1, -0.05) is 0 Å². The van der Waals surface area contributed by atoms with Crippen LogP contribution in [0.2, 0.25) is 0 Å². The molecule has 5 heteroatoms. The highest BCUT2D eigenvalue weighted by atomic mass is 16.1. The molecule has 1 aliphatic heterocycles. The lowest BCUT2D eigenvalue weighted by Gasteiger charge is -2.29. The molecule has 1 aliphatic rings. The fourth-order valence-corrected chi connectivity index (χ4v) is 2.44. The summed E-state index contributed by atoms with van der Waals surface area (Å²) in [6.45, 7) is 3.12. The number of nitrogens with zero attached hydrogens (tertiary/aromatic N) is 1. The number of hydrogen-bond donors (Lipinski definition) is 3. The molecule has 1 fully saturated rings. The van der Waals surface area contributed by atoms with Crippen LogP contribution in [0.3, 0.4) is 0 Å². The highest BCUT2D eigenvalue weighted by Gasteiger charge is 2.17. The number of carbonyl (C=O) groups excluding carboxylic acids is 1. The zero-order chi connectivity index (χ0) is 13.8. The Labute approximate surface area is 113 Å². The predicted molar refractivity (Wildman–Crippen MR) is 78.1 cm³/mol. The quantitative estimate of drug-likeness (QED) is 0.710. The first-order valence-electron chi connectivity index (χ1n) is 6.68. The van der Waals surface area contributed by atoms with Gasteiger partial charge in [-0.25, -0.2) is 0 Å². The highest BCUT2D eigenvalue weighted by Crippen LogP contribution is 2.21. The van der Waals surface area contributed by atoms with Crippen molar-refractivity contribution in [2.75, 3.05) is 37.7 Å². The Kier molecular flexibility index (Phi) is 4.27. The van der Waals surface area contributed by atoms with Gasteiger partial charge in [0.05, 0.1) is 5.56 Å². The Morgan fingerprint density at radius 1 is 1.42 bits per heavy atom. The van der Waals surface area contributed by atoms with Crippen molar-refractivity contribution in [3.05, 3.63) is 23.8 Å². The Bertz CT molecular complexity index is 453. The molecule has 0 radical (unpaired) electrons. The Hall–Kier alpha value is -1.75. The van der Waals surface area contributed by atoms with E-state index in [2.05, 4.69) is 17.3 Å². The number of likely N-dealkylation sites (tertiary alicyclic amines) is 1. The number of carbonyl (C=O) groups is 1. The molecular weight excluding hydrogens is 240 g/mol. The lowest BCUT2D eigenvalue weighted by Crippen LogP contribution is -2.33. The largest absolute Gasteiger partial charge is 0.399 e. The van der Waals surface area contributed by atoms with Gasteiger partial charge in [0.1, 0.15) is 0 Å².